The molecular weight excluding hydrogens is 216 g/mol. The van der Waals surface area contributed by atoms with E-state index in [1.807, 2.05) is 44.2 Å². The zero-order valence-electron chi connectivity index (χ0n) is 10.4. The molecule has 1 aromatic rings. The first-order valence-electron chi connectivity index (χ1n) is 5.85. The number of rotatable bonds is 5. The zero-order chi connectivity index (χ0) is 12.7. The van der Waals surface area contributed by atoms with Crippen LogP contribution in [0.25, 0.3) is 0 Å². The SMILES string of the molecule is CCC(C)(CCO)NC(=O)Nc1ccccc1. The lowest BCUT2D eigenvalue weighted by Gasteiger charge is -2.28. The first-order chi connectivity index (χ1) is 8.09. The molecule has 0 bridgehead atoms. The van der Waals surface area contributed by atoms with Crippen LogP contribution in [0, 0.1) is 0 Å². The van der Waals surface area contributed by atoms with Gasteiger partial charge in [-0.15, -0.1) is 0 Å². The van der Waals surface area contributed by atoms with Crippen molar-refractivity contribution in [3.05, 3.63) is 30.3 Å². The number of anilines is 1. The maximum absolute atomic E-state index is 11.8. The van der Waals surface area contributed by atoms with Crippen LogP contribution in [0.1, 0.15) is 26.7 Å². The molecule has 94 valence electrons. The van der Waals surface area contributed by atoms with Gasteiger partial charge in [-0.25, -0.2) is 4.79 Å². The maximum Gasteiger partial charge on any atom is 0.319 e. The molecule has 0 saturated carbocycles. The Hall–Kier alpha value is -1.55. The van der Waals surface area contributed by atoms with Gasteiger partial charge in [-0.2, -0.15) is 0 Å². The molecule has 17 heavy (non-hydrogen) atoms. The summed E-state index contributed by atoms with van der Waals surface area (Å²) in [7, 11) is 0. The van der Waals surface area contributed by atoms with Crippen LogP contribution in [0.5, 0.6) is 0 Å². The van der Waals surface area contributed by atoms with E-state index in [1.54, 1.807) is 0 Å². The van der Waals surface area contributed by atoms with Gasteiger partial charge in [0.15, 0.2) is 0 Å². The smallest absolute Gasteiger partial charge is 0.319 e. The van der Waals surface area contributed by atoms with Crippen molar-refractivity contribution in [2.24, 2.45) is 0 Å². The maximum atomic E-state index is 11.8. The highest BCUT2D eigenvalue weighted by atomic mass is 16.3. The van der Waals surface area contributed by atoms with Gasteiger partial charge in [-0.05, 0) is 31.9 Å². The standard InChI is InChI=1S/C13H20N2O2/c1-3-13(2,9-10-16)15-12(17)14-11-7-5-4-6-8-11/h4-8,16H,3,9-10H2,1-2H3,(H2,14,15,17). The minimum absolute atomic E-state index is 0.0654. The minimum atomic E-state index is -0.367. The van der Waals surface area contributed by atoms with Crippen LogP contribution in [0.3, 0.4) is 0 Å². The molecule has 3 N–H and O–H groups in total. The Balaban J connectivity index is 2.54. The summed E-state index contributed by atoms with van der Waals surface area (Å²) in [6.07, 6.45) is 1.32. The number of urea groups is 1. The molecule has 2 amide bonds. The van der Waals surface area contributed by atoms with Gasteiger partial charge in [0.25, 0.3) is 0 Å². The molecule has 0 spiro atoms. The minimum Gasteiger partial charge on any atom is -0.396 e. The highest BCUT2D eigenvalue weighted by Crippen LogP contribution is 2.14. The lowest BCUT2D eigenvalue weighted by Crippen LogP contribution is -2.48. The summed E-state index contributed by atoms with van der Waals surface area (Å²) >= 11 is 0. The Bertz CT molecular complexity index is 354. The second-order valence-corrected chi connectivity index (χ2v) is 4.33. The second-order valence-electron chi connectivity index (χ2n) is 4.33. The normalized spacial score (nSPS) is 13.8. The summed E-state index contributed by atoms with van der Waals surface area (Å²) in [5.41, 5.74) is 0.389. The molecule has 0 aromatic heterocycles. The lowest BCUT2D eigenvalue weighted by atomic mass is 9.95. The molecule has 1 unspecified atom stereocenters. The van der Waals surface area contributed by atoms with Crippen molar-refractivity contribution in [1.82, 2.24) is 5.32 Å². The number of benzene rings is 1. The first kappa shape index (κ1) is 13.5. The van der Waals surface area contributed by atoms with Crippen LogP contribution in [0.4, 0.5) is 10.5 Å². The highest BCUT2D eigenvalue weighted by Gasteiger charge is 2.23. The number of aliphatic hydroxyl groups is 1. The molecule has 1 aromatic carbocycles. The molecule has 0 saturated heterocycles. The molecule has 1 atom stereocenters. The number of nitrogens with one attached hydrogen (secondary N) is 2. The largest absolute Gasteiger partial charge is 0.396 e. The number of hydrogen-bond donors (Lipinski definition) is 3. The van der Waals surface area contributed by atoms with Crippen molar-refractivity contribution >= 4 is 11.7 Å². The van der Waals surface area contributed by atoms with Crippen molar-refractivity contribution in [2.45, 2.75) is 32.2 Å². The van der Waals surface area contributed by atoms with Crippen LogP contribution in [-0.2, 0) is 0 Å². The van der Waals surface area contributed by atoms with Crippen LogP contribution < -0.4 is 10.6 Å². The van der Waals surface area contributed by atoms with Crippen molar-refractivity contribution in [2.75, 3.05) is 11.9 Å². The molecule has 1 rings (SSSR count). The fraction of sp³-hybridized carbons (Fsp3) is 0.462. The van der Waals surface area contributed by atoms with E-state index in [1.165, 1.54) is 0 Å². The monoisotopic (exact) mass is 236 g/mol. The quantitative estimate of drug-likeness (QED) is 0.735. The molecule has 4 nitrogen and oxygen atoms in total. The first-order valence-corrected chi connectivity index (χ1v) is 5.85. The third kappa shape index (κ3) is 4.44. The van der Waals surface area contributed by atoms with Gasteiger partial charge >= 0.3 is 6.03 Å². The summed E-state index contributed by atoms with van der Waals surface area (Å²) < 4.78 is 0. The van der Waals surface area contributed by atoms with Gasteiger partial charge in [-0.1, -0.05) is 25.1 Å². The number of para-hydroxylation sites is 1. The Morgan fingerprint density at radius 3 is 2.53 bits per heavy atom. The van der Waals surface area contributed by atoms with Crippen LogP contribution in [0.2, 0.25) is 0 Å². The predicted octanol–water partition coefficient (Wildman–Crippen LogP) is 2.36. The Morgan fingerprint density at radius 2 is 2.00 bits per heavy atom. The molecule has 4 heteroatoms. The summed E-state index contributed by atoms with van der Waals surface area (Å²) in [6.45, 7) is 3.97. The van der Waals surface area contributed by atoms with E-state index in [0.717, 1.165) is 12.1 Å². The number of carbonyl (C=O) groups excluding carboxylic acids is 1. The van der Waals surface area contributed by atoms with E-state index >= 15 is 0 Å². The molecule has 0 radical (unpaired) electrons. The summed E-state index contributed by atoms with van der Waals surface area (Å²) in [5, 5.41) is 14.6. The average molecular weight is 236 g/mol. The van der Waals surface area contributed by atoms with Crippen LogP contribution >= 0.6 is 0 Å². The van der Waals surface area contributed by atoms with Crippen molar-refractivity contribution in [3.63, 3.8) is 0 Å². The average Bonchev–Trinajstić information content (AvgIpc) is 2.30. The third-order valence-electron chi connectivity index (χ3n) is 2.89. The zero-order valence-corrected chi connectivity index (χ0v) is 10.4. The fourth-order valence-electron chi connectivity index (χ4n) is 1.53. The van der Waals surface area contributed by atoms with E-state index in [0.29, 0.717) is 6.42 Å². The van der Waals surface area contributed by atoms with E-state index in [2.05, 4.69) is 10.6 Å². The van der Waals surface area contributed by atoms with Gasteiger partial charge in [0.1, 0.15) is 0 Å². The molecule has 0 heterocycles. The number of aliphatic hydroxyl groups excluding tert-OH is 1. The van der Waals surface area contributed by atoms with Crippen molar-refractivity contribution in [3.8, 4) is 0 Å². The van der Waals surface area contributed by atoms with E-state index in [9.17, 15) is 4.79 Å². The van der Waals surface area contributed by atoms with Crippen molar-refractivity contribution < 1.29 is 9.90 Å². The second kappa shape index (κ2) is 6.25. The Labute approximate surface area is 102 Å². The topological polar surface area (TPSA) is 61.4 Å². The van der Waals surface area contributed by atoms with E-state index < -0.39 is 0 Å². The summed E-state index contributed by atoms with van der Waals surface area (Å²) in [5.74, 6) is 0. The van der Waals surface area contributed by atoms with Gasteiger partial charge in [-0.3, -0.25) is 0 Å². The molecular formula is C13H20N2O2. The van der Waals surface area contributed by atoms with Crippen LogP contribution in [-0.4, -0.2) is 23.3 Å². The van der Waals surface area contributed by atoms with E-state index in [-0.39, 0.29) is 18.2 Å². The summed E-state index contributed by atoms with van der Waals surface area (Å²) in [4.78, 5) is 11.8. The van der Waals surface area contributed by atoms with Crippen molar-refractivity contribution in [1.29, 1.82) is 0 Å². The number of carbonyl (C=O) groups is 1. The lowest BCUT2D eigenvalue weighted by molar-refractivity contribution is 0.208. The summed E-state index contributed by atoms with van der Waals surface area (Å²) in [6, 6.07) is 9.04. The van der Waals surface area contributed by atoms with Gasteiger partial charge in [0.2, 0.25) is 0 Å². The molecule has 0 aliphatic heterocycles. The number of hydrogen-bond acceptors (Lipinski definition) is 2. The van der Waals surface area contributed by atoms with E-state index in [4.69, 9.17) is 5.11 Å². The molecule has 0 fully saturated rings. The fourth-order valence-corrected chi connectivity index (χ4v) is 1.53. The van der Waals surface area contributed by atoms with Gasteiger partial charge < -0.3 is 15.7 Å². The Kier molecular flexibility index (Phi) is 4.97. The Morgan fingerprint density at radius 1 is 1.35 bits per heavy atom. The van der Waals surface area contributed by atoms with Crippen LogP contribution in [0.15, 0.2) is 30.3 Å². The third-order valence-corrected chi connectivity index (χ3v) is 2.89. The predicted molar refractivity (Wildman–Crippen MR) is 69.0 cm³/mol. The number of amides is 2. The van der Waals surface area contributed by atoms with Gasteiger partial charge in [0.05, 0.1) is 0 Å². The van der Waals surface area contributed by atoms with Gasteiger partial charge in [0, 0.05) is 17.8 Å². The molecule has 0 aliphatic rings. The highest BCUT2D eigenvalue weighted by molar-refractivity contribution is 5.89. The molecule has 0 aliphatic carbocycles.